The van der Waals surface area contributed by atoms with Crippen molar-refractivity contribution in [3.63, 3.8) is 0 Å². The topological polar surface area (TPSA) is 443 Å². The van der Waals surface area contributed by atoms with Gasteiger partial charge in [0, 0.05) is 24.3 Å². The number of imidazole rings is 1. The van der Waals surface area contributed by atoms with Crippen molar-refractivity contribution in [2.75, 3.05) is 31.2 Å². The van der Waals surface area contributed by atoms with Crippen molar-refractivity contribution >= 4 is 88.0 Å². The number of aromatic amines is 1. The molecule has 14 N–H and O–H groups in total. The Hall–Kier alpha value is -5.20. The molecule has 0 saturated heterocycles. The zero-order chi connectivity index (χ0) is 49.5. The number of aliphatic carboxylic acids is 4. The second-order valence-electron chi connectivity index (χ2n) is 15.3. The van der Waals surface area contributed by atoms with Gasteiger partial charge in [0.1, 0.15) is 42.9 Å². The number of nitrogens with two attached hydrogens (primary N) is 1. The molecule has 0 aliphatic heterocycles. The number of carboxylic acids is 4. The summed E-state index contributed by atoms with van der Waals surface area (Å²) in [5.74, 6) is -10.1. The molecule has 5 unspecified atom stereocenters. The van der Waals surface area contributed by atoms with Crippen LogP contribution in [0.4, 0.5) is 0 Å². The van der Waals surface area contributed by atoms with Crippen LogP contribution in [0.15, 0.2) is 17.4 Å². The van der Waals surface area contributed by atoms with Crippen LogP contribution in [0, 0.1) is 0 Å². The number of hydrogen-bond donors (Lipinski definition) is 13. The highest BCUT2D eigenvalue weighted by atomic mass is 33.1. The number of rotatable bonds is 30. The van der Waals surface area contributed by atoms with E-state index < -0.39 is 141 Å². The summed E-state index contributed by atoms with van der Waals surface area (Å²) >= 11 is 0. The molecule has 4 amide bonds. The van der Waals surface area contributed by atoms with Crippen LogP contribution >= 0.6 is 29.3 Å². The Kier molecular flexibility index (Phi) is 21.0. The van der Waals surface area contributed by atoms with Gasteiger partial charge in [-0.15, -0.1) is 0 Å². The van der Waals surface area contributed by atoms with Crippen molar-refractivity contribution in [1.29, 1.82) is 0 Å². The van der Waals surface area contributed by atoms with Gasteiger partial charge in [0.15, 0.2) is 16.9 Å². The number of carbonyl (C=O) groups excluding carboxylic acids is 4. The highest BCUT2D eigenvalue weighted by Crippen LogP contribution is 2.42. The van der Waals surface area contributed by atoms with Gasteiger partial charge in [-0.2, -0.15) is 0 Å². The third kappa shape index (κ3) is 18.3. The maximum atomic E-state index is 13.1. The molecule has 65 heavy (non-hydrogen) atoms. The number of nitrogens with one attached hydrogen (secondary N) is 6. The molecular formula is C34H53N10O18PS2. The fourth-order valence-electron chi connectivity index (χ4n) is 5.30. The van der Waals surface area contributed by atoms with Crippen molar-refractivity contribution in [2.45, 2.75) is 101 Å². The molecule has 0 aromatic carbocycles. The number of carbonyl (C=O) groups is 8. The van der Waals surface area contributed by atoms with E-state index in [1.54, 1.807) is 0 Å². The first-order valence-electron chi connectivity index (χ1n) is 19.1. The molecule has 2 aromatic heterocycles. The van der Waals surface area contributed by atoms with Crippen molar-refractivity contribution in [3.05, 3.63) is 23.0 Å². The molecule has 0 fully saturated rings. The molecule has 364 valence electrons. The second-order valence-corrected chi connectivity index (χ2v) is 19.4. The molecule has 2 heterocycles. The van der Waals surface area contributed by atoms with E-state index in [1.165, 1.54) is 45.5 Å². The van der Waals surface area contributed by atoms with Crippen LogP contribution in [0.1, 0.15) is 60.3 Å². The molecule has 2 rings (SSSR count). The van der Waals surface area contributed by atoms with Crippen LogP contribution in [0.2, 0.25) is 0 Å². The minimum Gasteiger partial charge on any atom is -0.480 e. The van der Waals surface area contributed by atoms with Gasteiger partial charge in [-0.1, -0.05) is 21.6 Å². The van der Waals surface area contributed by atoms with Crippen LogP contribution < -0.4 is 37.6 Å². The predicted molar refractivity (Wildman–Crippen MR) is 228 cm³/mol. The molecule has 2 aromatic rings. The molecule has 0 radical (unpaired) electrons. The third-order valence-corrected chi connectivity index (χ3v) is 12.5. The quantitative estimate of drug-likeness (QED) is 0.0214. The average Bonchev–Trinajstić information content (AvgIpc) is 3.65. The van der Waals surface area contributed by atoms with Crippen molar-refractivity contribution in [2.24, 2.45) is 5.73 Å². The fraction of sp³-hybridized carbons (Fsp3) is 0.618. The van der Waals surface area contributed by atoms with E-state index in [0.717, 1.165) is 27.9 Å². The summed E-state index contributed by atoms with van der Waals surface area (Å²) in [5.41, 5.74) is -0.201. The second kappa shape index (κ2) is 24.4. The Morgan fingerprint density at radius 3 is 1.80 bits per heavy atom. The van der Waals surface area contributed by atoms with E-state index in [9.17, 15) is 62.8 Å². The molecular weight excluding hydrogens is 932 g/mol. The molecule has 0 aliphatic rings. The Labute approximate surface area is 376 Å². The van der Waals surface area contributed by atoms with Gasteiger partial charge in [0.05, 0.1) is 24.9 Å². The lowest BCUT2D eigenvalue weighted by Gasteiger charge is -2.46. The summed E-state index contributed by atoms with van der Waals surface area (Å²) in [5, 5.41) is 58.7. The highest BCUT2D eigenvalue weighted by molar-refractivity contribution is 8.76. The predicted octanol–water partition coefficient (Wildman–Crippen LogP) is -2.76. The Morgan fingerprint density at radius 1 is 0.831 bits per heavy atom. The lowest BCUT2D eigenvalue weighted by atomic mass is 9.94. The van der Waals surface area contributed by atoms with E-state index in [0.29, 0.717) is 0 Å². The number of carboxylic acid groups (broad SMARTS) is 4. The van der Waals surface area contributed by atoms with E-state index >= 15 is 0 Å². The van der Waals surface area contributed by atoms with Crippen molar-refractivity contribution in [1.82, 2.24) is 45.9 Å². The molecule has 0 aliphatic carbocycles. The van der Waals surface area contributed by atoms with Gasteiger partial charge < -0.3 is 67.1 Å². The normalized spacial score (nSPS) is 15.6. The molecule has 0 saturated carbocycles. The van der Waals surface area contributed by atoms with Gasteiger partial charge in [-0.05, 0) is 47.5 Å². The average molecular weight is 985 g/mol. The van der Waals surface area contributed by atoms with Crippen LogP contribution in [-0.2, 0) is 57.9 Å². The summed E-state index contributed by atoms with van der Waals surface area (Å²) in [6.45, 7) is 4.71. The number of fused-ring (bicyclic) bond motifs is 1. The maximum Gasteiger partial charge on any atom is 0.403 e. The summed E-state index contributed by atoms with van der Waals surface area (Å²) < 4.78 is 25.9. The van der Waals surface area contributed by atoms with Gasteiger partial charge in [-0.3, -0.25) is 52.2 Å². The van der Waals surface area contributed by atoms with Gasteiger partial charge in [0.25, 0.3) is 5.56 Å². The number of aliphatic hydroxyl groups is 1. The lowest BCUT2D eigenvalue weighted by molar-refractivity contribution is -0.261. The van der Waals surface area contributed by atoms with E-state index in [-0.39, 0.29) is 29.1 Å². The zero-order valence-electron chi connectivity index (χ0n) is 35.6. The minimum atomic E-state index is -5.02. The fourth-order valence-corrected chi connectivity index (χ4v) is 8.83. The van der Waals surface area contributed by atoms with Crippen molar-refractivity contribution < 1.29 is 82.6 Å². The molecule has 31 heteroatoms. The monoisotopic (exact) mass is 984 g/mol. The smallest absolute Gasteiger partial charge is 0.403 e. The molecule has 0 spiro atoms. The van der Waals surface area contributed by atoms with Gasteiger partial charge >= 0.3 is 31.6 Å². The largest absolute Gasteiger partial charge is 0.480 e. The highest BCUT2D eigenvalue weighted by Gasteiger charge is 2.48. The standard InChI is InChI=1S/C34H53N10O18PS2/c1-32(2,62-34(5,33(3,4)58)44-16-40-25-26(44)38-15-39-29(25)53)14-61-63(59,60)43-18(31(56)57)7-9-22(46)42-20(28(52)37-11-24(49)50)13-65-64-12-19(27(51)36-10-23(47)48)41-21(45)8-6-17(35)30(54)55/h15-20,58H,6-14,35H2,1-5H3,(H,36,51)(H,37,52)(H,41,45)(H,42,46)(H,47,48)(H,49,50)(H,54,55)(H,56,57)(H,38,39,53)(H2,43,59,60)/t17?,18?,19?,20?,34-/m0/s1. The van der Waals surface area contributed by atoms with Crippen LogP contribution in [0.5, 0.6) is 0 Å². The number of hydrogen-bond acceptors (Lipinski definition) is 18. The Bertz CT molecular complexity index is 2170. The lowest BCUT2D eigenvalue weighted by Crippen LogP contribution is -2.56. The molecule has 28 nitrogen and oxygen atoms in total. The maximum absolute atomic E-state index is 13.1. The molecule has 6 atom stereocenters. The SMILES string of the molecule is CC(C)(COP(=O)(O)NC(CCC(=O)NC(CSSCC(NC(=O)CCC(N)C(=O)O)C(=O)NCC(=O)O)C(=O)NCC(=O)O)C(=O)O)O[C@](C)(n1cnc2c(=O)[nH]cnc21)C(C)(C)O. The minimum absolute atomic E-state index is 0.0377. The van der Waals surface area contributed by atoms with E-state index in [1.807, 2.05) is 5.09 Å². The van der Waals surface area contributed by atoms with Gasteiger partial charge in [0.2, 0.25) is 23.6 Å². The summed E-state index contributed by atoms with van der Waals surface area (Å²) in [6.07, 6.45) is 0.304. The number of ether oxygens (including phenoxy) is 1. The number of amides is 4. The third-order valence-electron chi connectivity index (χ3n) is 8.96. The Balaban J connectivity index is 2.10. The first kappa shape index (κ1) is 55.9. The zero-order valence-corrected chi connectivity index (χ0v) is 38.1. The summed E-state index contributed by atoms with van der Waals surface area (Å²) in [4.78, 5) is 130. The number of H-pyrrole nitrogens is 1. The first-order valence-corrected chi connectivity index (χ1v) is 23.2. The summed E-state index contributed by atoms with van der Waals surface area (Å²) in [6, 6.07) is -6.13. The molecule has 0 bridgehead atoms. The first-order chi connectivity index (χ1) is 30.0. The van der Waals surface area contributed by atoms with Crippen LogP contribution in [-0.4, -0.2) is 164 Å². The van der Waals surface area contributed by atoms with Crippen molar-refractivity contribution in [3.8, 4) is 0 Å². The van der Waals surface area contributed by atoms with E-state index in [2.05, 4.69) is 36.2 Å². The number of aromatic nitrogens is 4. The van der Waals surface area contributed by atoms with Crippen LogP contribution in [0.3, 0.4) is 0 Å². The number of nitrogens with zero attached hydrogens (tertiary/aromatic N) is 3. The van der Waals surface area contributed by atoms with E-state index in [4.69, 9.17) is 30.3 Å². The van der Waals surface area contributed by atoms with Crippen LogP contribution in [0.25, 0.3) is 11.2 Å². The van der Waals surface area contributed by atoms with Gasteiger partial charge in [-0.25, -0.2) is 19.6 Å². The summed E-state index contributed by atoms with van der Waals surface area (Å²) in [7, 11) is -3.32. The Morgan fingerprint density at radius 2 is 1.34 bits per heavy atom.